The Morgan fingerprint density at radius 3 is 2.26 bits per heavy atom. The first-order chi connectivity index (χ1) is 8.95. The lowest BCUT2D eigenvalue weighted by Crippen LogP contribution is -2.41. The van der Waals surface area contributed by atoms with Gasteiger partial charge in [-0.2, -0.15) is 0 Å². The molecule has 0 aliphatic heterocycles. The van der Waals surface area contributed by atoms with Gasteiger partial charge >= 0.3 is 0 Å². The Balaban J connectivity index is 2.93. The molecule has 0 radical (unpaired) electrons. The second kappa shape index (κ2) is 6.33. The van der Waals surface area contributed by atoms with Gasteiger partial charge in [-0.15, -0.1) is 0 Å². The van der Waals surface area contributed by atoms with Crippen LogP contribution >= 0.6 is 0 Å². The van der Waals surface area contributed by atoms with E-state index in [0.29, 0.717) is 0 Å². The van der Waals surface area contributed by atoms with E-state index in [0.717, 1.165) is 0 Å². The van der Waals surface area contributed by atoms with Gasteiger partial charge in [-0.3, -0.25) is 4.79 Å². The minimum Gasteiger partial charge on any atom is -0.496 e. The van der Waals surface area contributed by atoms with Gasteiger partial charge in [0, 0.05) is 0 Å². The normalized spacial score (nSPS) is 11.0. The van der Waals surface area contributed by atoms with Crippen LogP contribution in [-0.2, 0) is 0 Å². The lowest BCUT2D eigenvalue weighted by molar-refractivity contribution is 0.0118. The SMILES string of the molecule is COc1cccc(OC)c1C(=O)NCC(F)(F)CN. The molecule has 1 rings (SSSR count). The molecule has 7 heteroatoms. The predicted octanol–water partition coefficient (Wildman–Crippen LogP) is 1.03. The fourth-order valence-corrected chi connectivity index (χ4v) is 1.45. The first kappa shape index (κ1) is 15.2. The molecular formula is C12H16F2N2O3. The summed E-state index contributed by atoms with van der Waals surface area (Å²) >= 11 is 0. The highest BCUT2D eigenvalue weighted by molar-refractivity contribution is 5.99. The van der Waals surface area contributed by atoms with Crippen molar-refractivity contribution in [3.8, 4) is 11.5 Å². The third kappa shape index (κ3) is 3.78. The summed E-state index contributed by atoms with van der Waals surface area (Å²) < 4.78 is 36.0. The van der Waals surface area contributed by atoms with Gasteiger partial charge in [0.05, 0.1) is 27.3 Å². The molecule has 0 aromatic heterocycles. The Bertz CT molecular complexity index is 430. The van der Waals surface area contributed by atoms with Gasteiger partial charge in [-0.1, -0.05) is 6.07 Å². The Hall–Kier alpha value is -1.89. The van der Waals surface area contributed by atoms with Gasteiger partial charge in [-0.25, -0.2) is 8.78 Å². The van der Waals surface area contributed by atoms with Crippen LogP contribution in [0.3, 0.4) is 0 Å². The first-order valence-electron chi connectivity index (χ1n) is 5.52. The summed E-state index contributed by atoms with van der Waals surface area (Å²) in [6, 6.07) is 4.71. The van der Waals surface area contributed by atoms with Gasteiger partial charge < -0.3 is 20.5 Å². The van der Waals surface area contributed by atoms with Crippen molar-refractivity contribution in [3.63, 3.8) is 0 Å². The molecule has 0 spiro atoms. The molecule has 0 saturated heterocycles. The number of amides is 1. The third-order valence-corrected chi connectivity index (χ3v) is 2.46. The van der Waals surface area contributed by atoms with Gasteiger partial charge in [0.2, 0.25) is 0 Å². The van der Waals surface area contributed by atoms with E-state index in [1.165, 1.54) is 14.2 Å². The van der Waals surface area contributed by atoms with Crippen LogP contribution in [-0.4, -0.2) is 39.1 Å². The summed E-state index contributed by atoms with van der Waals surface area (Å²) in [5.41, 5.74) is 4.96. The van der Waals surface area contributed by atoms with Crippen molar-refractivity contribution in [3.05, 3.63) is 23.8 Å². The highest BCUT2D eigenvalue weighted by Gasteiger charge is 2.28. The monoisotopic (exact) mass is 274 g/mol. The Morgan fingerprint density at radius 2 is 1.84 bits per heavy atom. The van der Waals surface area contributed by atoms with E-state index in [2.05, 4.69) is 5.32 Å². The summed E-state index contributed by atoms with van der Waals surface area (Å²) in [5, 5.41) is 2.11. The van der Waals surface area contributed by atoms with Gasteiger partial charge in [-0.05, 0) is 12.1 Å². The summed E-state index contributed by atoms with van der Waals surface area (Å²) in [4.78, 5) is 11.9. The van der Waals surface area contributed by atoms with Crippen molar-refractivity contribution < 1.29 is 23.0 Å². The highest BCUT2D eigenvalue weighted by atomic mass is 19.3. The third-order valence-electron chi connectivity index (χ3n) is 2.46. The van der Waals surface area contributed by atoms with Crippen LogP contribution in [0.15, 0.2) is 18.2 Å². The first-order valence-corrected chi connectivity index (χ1v) is 5.52. The van der Waals surface area contributed by atoms with Crippen LogP contribution in [0, 0.1) is 0 Å². The molecule has 5 nitrogen and oxygen atoms in total. The van der Waals surface area contributed by atoms with Gasteiger partial charge in [0.15, 0.2) is 0 Å². The van der Waals surface area contributed by atoms with Crippen LogP contribution in [0.1, 0.15) is 10.4 Å². The molecule has 3 N–H and O–H groups in total. The summed E-state index contributed by atoms with van der Waals surface area (Å²) in [6.07, 6.45) is 0. The quantitative estimate of drug-likeness (QED) is 0.812. The number of hydrogen-bond donors (Lipinski definition) is 2. The van der Waals surface area contributed by atoms with Crippen molar-refractivity contribution in [1.82, 2.24) is 5.32 Å². The van der Waals surface area contributed by atoms with Crippen LogP contribution in [0.5, 0.6) is 11.5 Å². The van der Waals surface area contributed by atoms with Crippen molar-refractivity contribution >= 4 is 5.91 Å². The van der Waals surface area contributed by atoms with E-state index in [1.807, 2.05) is 0 Å². The minimum absolute atomic E-state index is 0.0697. The average molecular weight is 274 g/mol. The molecule has 0 heterocycles. The molecule has 0 atom stereocenters. The number of rotatable bonds is 6. The number of ether oxygens (including phenoxy) is 2. The van der Waals surface area contributed by atoms with E-state index in [1.54, 1.807) is 18.2 Å². The molecule has 1 aromatic rings. The molecular weight excluding hydrogens is 258 g/mol. The Kier molecular flexibility index (Phi) is 5.05. The molecule has 0 aliphatic rings. The topological polar surface area (TPSA) is 73.6 Å². The molecule has 0 fully saturated rings. The van der Waals surface area contributed by atoms with Gasteiger partial charge in [0.25, 0.3) is 11.8 Å². The zero-order valence-electron chi connectivity index (χ0n) is 10.7. The lowest BCUT2D eigenvalue weighted by atomic mass is 10.1. The largest absolute Gasteiger partial charge is 0.496 e. The molecule has 1 amide bonds. The molecule has 0 unspecified atom stereocenters. The van der Waals surface area contributed by atoms with E-state index in [-0.39, 0.29) is 17.1 Å². The number of carbonyl (C=O) groups is 1. The van der Waals surface area contributed by atoms with E-state index >= 15 is 0 Å². The van der Waals surface area contributed by atoms with Crippen molar-refractivity contribution in [2.45, 2.75) is 5.92 Å². The average Bonchev–Trinajstić information content (AvgIpc) is 2.43. The fourth-order valence-electron chi connectivity index (χ4n) is 1.45. The molecule has 106 valence electrons. The fraction of sp³-hybridized carbons (Fsp3) is 0.417. The second-order valence-electron chi connectivity index (χ2n) is 3.78. The Labute approximate surface area is 109 Å². The van der Waals surface area contributed by atoms with Crippen molar-refractivity contribution in [1.29, 1.82) is 0 Å². The van der Waals surface area contributed by atoms with Crippen LogP contribution in [0.2, 0.25) is 0 Å². The van der Waals surface area contributed by atoms with E-state index in [9.17, 15) is 13.6 Å². The minimum atomic E-state index is -3.15. The lowest BCUT2D eigenvalue weighted by Gasteiger charge is -2.16. The summed E-state index contributed by atoms with van der Waals surface area (Å²) in [7, 11) is 2.75. The molecule has 0 aliphatic carbocycles. The number of alkyl halides is 2. The molecule has 0 bridgehead atoms. The summed E-state index contributed by atoms with van der Waals surface area (Å²) in [6.45, 7) is -1.68. The number of hydrogen-bond acceptors (Lipinski definition) is 4. The van der Waals surface area contributed by atoms with Gasteiger partial charge in [0.1, 0.15) is 17.1 Å². The van der Waals surface area contributed by atoms with Crippen molar-refractivity contribution in [2.24, 2.45) is 5.73 Å². The number of nitrogens with two attached hydrogens (primary N) is 1. The summed E-state index contributed by atoms with van der Waals surface area (Å²) in [5.74, 6) is -3.37. The van der Waals surface area contributed by atoms with Crippen LogP contribution in [0.25, 0.3) is 0 Å². The zero-order chi connectivity index (χ0) is 14.5. The van der Waals surface area contributed by atoms with E-state index < -0.39 is 24.9 Å². The van der Waals surface area contributed by atoms with E-state index in [4.69, 9.17) is 15.2 Å². The maximum atomic E-state index is 13.0. The highest BCUT2D eigenvalue weighted by Crippen LogP contribution is 2.28. The number of halogens is 2. The number of benzene rings is 1. The molecule has 19 heavy (non-hydrogen) atoms. The number of nitrogens with one attached hydrogen (secondary N) is 1. The van der Waals surface area contributed by atoms with Crippen LogP contribution in [0.4, 0.5) is 8.78 Å². The predicted molar refractivity (Wildman–Crippen MR) is 65.9 cm³/mol. The maximum Gasteiger partial charge on any atom is 0.277 e. The molecule has 1 aromatic carbocycles. The Morgan fingerprint density at radius 1 is 1.32 bits per heavy atom. The number of carbonyl (C=O) groups excluding carboxylic acids is 1. The smallest absolute Gasteiger partial charge is 0.277 e. The number of methoxy groups -OCH3 is 2. The molecule has 0 saturated carbocycles. The maximum absolute atomic E-state index is 13.0. The second-order valence-corrected chi connectivity index (χ2v) is 3.78. The standard InChI is InChI=1S/C12H16F2N2O3/c1-18-8-4-3-5-9(19-2)10(8)11(17)16-7-12(13,14)6-15/h3-5H,6-7,15H2,1-2H3,(H,16,17). The van der Waals surface area contributed by atoms with Crippen LogP contribution < -0.4 is 20.5 Å². The van der Waals surface area contributed by atoms with Crippen molar-refractivity contribution in [2.75, 3.05) is 27.3 Å². The zero-order valence-corrected chi connectivity index (χ0v) is 10.7.